The van der Waals surface area contributed by atoms with Crippen LogP contribution in [0.25, 0.3) is 22.2 Å². The molecule has 0 aliphatic carbocycles. The van der Waals surface area contributed by atoms with Crippen molar-refractivity contribution < 1.29 is 14.6 Å². The molecule has 0 atom stereocenters. The molecule has 0 radical (unpaired) electrons. The van der Waals surface area contributed by atoms with Crippen molar-refractivity contribution in [2.75, 3.05) is 7.11 Å². The van der Waals surface area contributed by atoms with Crippen LogP contribution in [0.1, 0.15) is 15.9 Å². The third kappa shape index (κ3) is 4.34. The van der Waals surface area contributed by atoms with Gasteiger partial charge < -0.3 is 9.84 Å². The smallest absolute Gasteiger partial charge is 0.272 e. The van der Waals surface area contributed by atoms with Gasteiger partial charge >= 0.3 is 0 Å². The number of phenols is 1. The van der Waals surface area contributed by atoms with Gasteiger partial charge in [-0.3, -0.25) is 4.79 Å². The Kier molecular flexibility index (Phi) is 5.82. The van der Waals surface area contributed by atoms with E-state index in [2.05, 4.69) is 15.5 Å². The lowest BCUT2D eigenvalue weighted by Gasteiger charge is -2.09. The summed E-state index contributed by atoms with van der Waals surface area (Å²) in [5.74, 6) is -0.307. The zero-order valence-electron chi connectivity index (χ0n) is 16.5. The highest BCUT2D eigenvalue weighted by atomic mass is 35.5. The highest BCUT2D eigenvalue weighted by Gasteiger charge is 2.14. The summed E-state index contributed by atoms with van der Waals surface area (Å²) in [6, 6.07) is 21.9. The quantitative estimate of drug-likeness (QED) is 0.343. The second-order valence-corrected chi connectivity index (χ2v) is 7.10. The fraction of sp³-hybridized carbons (Fsp3) is 0.0417. The molecule has 3 aromatic carbocycles. The number of fused-ring (bicyclic) bond motifs is 1. The number of nitrogens with zero attached hydrogens (tertiary/aromatic N) is 2. The number of nitrogens with one attached hydrogen (secondary N) is 1. The van der Waals surface area contributed by atoms with Crippen LogP contribution in [-0.2, 0) is 0 Å². The number of carbonyl (C=O) groups is 1. The number of carbonyl (C=O) groups excluding carboxylic acids is 1. The van der Waals surface area contributed by atoms with E-state index in [1.807, 2.05) is 54.6 Å². The number of hydrogen-bond donors (Lipinski definition) is 2. The average Bonchev–Trinajstić information content (AvgIpc) is 2.81. The number of ether oxygens (including phenoxy) is 1. The van der Waals surface area contributed by atoms with Gasteiger partial charge in [0.25, 0.3) is 5.91 Å². The molecule has 0 saturated carbocycles. The van der Waals surface area contributed by atoms with Crippen molar-refractivity contribution in [2.24, 2.45) is 5.10 Å². The number of aromatic nitrogens is 1. The summed E-state index contributed by atoms with van der Waals surface area (Å²) in [6.45, 7) is 0. The van der Waals surface area contributed by atoms with Gasteiger partial charge in [0.05, 0.1) is 35.1 Å². The summed E-state index contributed by atoms with van der Waals surface area (Å²) in [6.07, 6.45) is 1.42. The minimum absolute atomic E-state index is 0.125. The molecule has 0 aliphatic rings. The molecule has 0 spiro atoms. The molecular formula is C24H18ClN3O3. The monoisotopic (exact) mass is 431 g/mol. The van der Waals surface area contributed by atoms with Crippen LogP contribution in [0.5, 0.6) is 11.5 Å². The lowest BCUT2D eigenvalue weighted by atomic mass is 10.0. The van der Waals surface area contributed by atoms with Crippen LogP contribution in [0.4, 0.5) is 0 Å². The largest absolute Gasteiger partial charge is 0.503 e. The summed E-state index contributed by atoms with van der Waals surface area (Å²) in [7, 11) is 1.42. The van der Waals surface area contributed by atoms with Crippen molar-refractivity contribution in [3.63, 3.8) is 0 Å². The molecule has 7 heteroatoms. The average molecular weight is 432 g/mol. The van der Waals surface area contributed by atoms with Gasteiger partial charge in [-0.25, -0.2) is 10.4 Å². The number of aromatic hydroxyl groups is 1. The standard InChI is InChI=1S/C24H18ClN3O3/c1-31-22-12-15(11-19(25)23(22)29)14-26-28-24(30)18-13-21(16-7-3-2-4-8-16)27-20-10-6-5-9-17(18)20/h2-14,29H,1H3,(H,28,30)/b26-14+. The van der Waals surface area contributed by atoms with Gasteiger partial charge in [-0.1, -0.05) is 60.1 Å². The molecule has 1 aromatic heterocycles. The number of pyridine rings is 1. The second kappa shape index (κ2) is 8.85. The first kappa shape index (κ1) is 20.4. The number of phenolic OH excluding ortho intramolecular Hbond substituents is 1. The third-order valence-electron chi connectivity index (χ3n) is 4.68. The van der Waals surface area contributed by atoms with Crippen LogP contribution in [0, 0.1) is 0 Å². The van der Waals surface area contributed by atoms with Crippen LogP contribution < -0.4 is 10.2 Å². The summed E-state index contributed by atoms with van der Waals surface area (Å²) in [5.41, 5.74) is 5.89. The second-order valence-electron chi connectivity index (χ2n) is 6.69. The fourth-order valence-corrected chi connectivity index (χ4v) is 3.39. The Morgan fingerprint density at radius 1 is 1.10 bits per heavy atom. The van der Waals surface area contributed by atoms with Gasteiger partial charge in [0.1, 0.15) is 0 Å². The van der Waals surface area contributed by atoms with Crippen LogP contribution in [-0.4, -0.2) is 29.3 Å². The Hall–Kier alpha value is -3.90. The Morgan fingerprint density at radius 2 is 1.84 bits per heavy atom. The number of para-hydroxylation sites is 1. The molecule has 6 nitrogen and oxygen atoms in total. The highest BCUT2D eigenvalue weighted by molar-refractivity contribution is 6.32. The molecule has 4 aromatic rings. The SMILES string of the molecule is COc1cc(/C=N/NC(=O)c2cc(-c3ccccc3)nc3ccccc23)cc(Cl)c1O. The normalized spacial score (nSPS) is 11.0. The first-order valence-corrected chi connectivity index (χ1v) is 9.79. The number of amides is 1. The maximum Gasteiger partial charge on any atom is 0.272 e. The molecular weight excluding hydrogens is 414 g/mol. The molecule has 2 N–H and O–H groups in total. The van der Waals surface area contributed by atoms with Crippen molar-refractivity contribution in [3.05, 3.63) is 88.9 Å². The highest BCUT2D eigenvalue weighted by Crippen LogP contribution is 2.34. The van der Waals surface area contributed by atoms with Crippen LogP contribution in [0.3, 0.4) is 0 Å². The Labute approximate surface area is 183 Å². The first-order chi connectivity index (χ1) is 15.1. The van der Waals surface area contributed by atoms with Crippen molar-refractivity contribution in [3.8, 4) is 22.8 Å². The van der Waals surface area contributed by atoms with Gasteiger partial charge in [-0.2, -0.15) is 5.10 Å². The summed E-state index contributed by atoms with van der Waals surface area (Å²) in [5, 5.41) is 14.7. The van der Waals surface area contributed by atoms with Crippen molar-refractivity contribution in [2.45, 2.75) is 0 Å². The van der Waals surface area contributed by atoms with Gasteiger partial charge in [0.2, 0.25) is 0 Å². The van der Waals surface area contributed by atoms with E-state index < -0.39 is 0 Å². The maximum absolute atomic E-state index is 12.9. The Balaban J connectivity index is 1.65. The van der Waals surface area contributed by atoms with Gasteiger partial charge in [-0.15, -0.1) is 0 Å². The van der Waals surface area contributed by atoms with Crippen LogP contribution in [0.2, 0.25) is 5.02 Å². The van der Waals surface area contributed by atoms with E-state index in [1.165, 1.54) is 19.4 Å². The van der Waals surface area contributed by atoms with E-state index in [4.69, 9.17) is 16.3 Å². The van der Waals surface area contributed by atoms with Crippen molar-refractivity contribution >= 4 is 34.6 Å². The van der Waals surface area contributed by atoms with Crippen molar-refractivity contribution in [1.82, 2.24) is 10.4 Å². The van der Waals surface area contributed by atoms with E-state index in [0.717, 1.165) is 10.9 Å². The molecule has 31 heavy (non-hydrogen) atoms. The summed E-state index contributed by atoms with van der Waals surface area (Å²) < 4.78 is 5.08. The predicted molar refractivity (Wildman–Crippen MR) is 122 cm³/mol. The van der Waals surface area contributed by atoms with E-state index in [9.17, 15) is 9.90 Å². The fourth-order valence-electron chi connectivity index (χ4n) is 3.17. The number of hydrazone groups is 1. The molecule has 0 saturated heterocycles. The van der Waals surface area contributed by atoms with E-state index in [0.29, 0.717) is 22.3 Å². The van der Waals surface area contributed by atoms with Crippen LogP contribution in [0.15, 0.2) is 77.9 Å². The summed E-state index contributed by atoms with van der Waals surface area (Å²) >= 11 is 5.99. The minimum Gasteiger partial charge on any atom is -0.503 e. The molecule has 4 rings (SSSR count). The predicted octanol–water partition coefficient (Wildman–Crippen LogP) is 5.03. The molecule has 0 aliphatic heterocycles. The lowest BCUT2D eigenvalue weighted by molar-refractivity contribution is 0.0956. The van der Waals surface area contributed by atoms with E-state index >= 15 is 0 Å². The molecule has 0 unspecified atom stereocenters. The lowest BCUT2D eigenvalue weighted by Crippen LogP contribution is -2.18. The molecule has 1 heterocycles. The number of hydrogen-bond acceptors (Lipinski definition) is 5. The number of methoxy groups -OCH3 is 1. The Morgan fingerprint density at radius 3 is 2.61 bits per heavy atom. The molecule has 154 valence electrons. The molecule has 0 fully saturated rings. The zero-order chi connectivity index (χ0) is 21.8. The van der Waals surface area contributed by atoms with Crippen molar-refractivity contribution in [1.29, 1.82) is 0 Å². The van der Waals surface area contributed by atoms with E-state index in [-0.39, 0.29) is 22.4 Å². The van der Waals surface area contributed by atoms with Gasteiger partial charge in [0, 0.05) is 10.9 Å². The molecule has 1 amide bonds. The third-order valence-corrected chi connectivity index (χ3v) is 4.97. The topological polar surface area (TPSA) is 83.8 Å². The van der Waals surface area contributed by atoms with Gasteiger partial charge in [0.15, 0.2) is 11.5 Å². The first-order valence-electron chi connectivity index (χ1n) is 9.42. The zero-order valence-corrected chi connectivity index (χ0v) is 17.3. The molecule has 0 bridgehead atoms. The number of benzene rings is 3. The van der Waals surface area contributed by atoms with Crippen LogP contribution >= 0.6 is 11.6 Å². The number of halogens is 1. The number of rotatable bonds is 5. The van der Waals surface area contributed by atoms with E-state index in [1.54, 1.807) is 12.1 Å². The maximum atomic E-state index is 12.9. The minimum atomic E-state index is -0.371. The van der Waals surface area contributed by atoms with Gasteiger partial charge in [-0.05, 0) is 29.8 Å². The summed E-state index contributed by atoms with van der Waals surface area (Å²) in [4.78, 5) is 17.6. The Bertz CT molecular complexity index is 1290.